The molecule has 0 aliphatic rings. The van der Waals surface area contributed by atoms with Crippen molar-refractivity contribution in [3.63, 3.8) is 0 Å². The lowest BCUT2D eigenvalue weighted by Gasteiger charge is -2.30. The van der Waals surface area contributed by atoms with Gasteiger partial charge in [-0.1, -0.05) is 36.4 Å². The molecule has 1 aromatic heterocycles. The van der Waals surface area contributed by atoms with E-state index < -0.39 is 6.10 Å². The maximum absolute atomic E-state index is 13.8. The Labute approximate surface area is 201 Å². The van der Waals surface area contributed by atoms with Gasteiger partial charge in [-0.3, -0.25) is 4.90 Å². The third kappa shape index (κ3) is 7.13. The Morgan fingerprint density at radius 2 is 1.79 bits per heavy atom. The zero-order valence-electron chi connectivity index (χ0n) is 21.0. The molecule has 3 aromatic rings. The van der Waals surface area contributed by atoms with E-state index >= 15 is 0 Å². The van der Waals surface area contributed by atoms with E-state index in [0.717, 1.165) is 16.8 Å². The van der Waals surface area contributed by atoms with Gasteiger partial charge in [-0.05, 0) is 46.8 Å². The summed E-state index contributed by atoms with van der Waals surface area (Å²) in [5, 5.41) is 15.4. The van der Waals surface area contributed by atoms with E-state index in [9.17, 15) is 9.50 Å². The largest absolute Gasteiger partial charge is 0.439 e. The minimum Gasteiger partial charge on any atom is -0.439 e. The molecule has 0 aliphatic carbocycles. The number of aliphatic hydroxyl groups excluding tert-OH is 1. The first-order valence-corrected chi connectivity index (χ1v) is 11.6. The minimum absolute atomic E-state index is 0.148. The second-order valence-electron chi connectivity index (χ2n) is 9.78. The molecule has 0 amide bonds. The van der Waals surface area contributed by atoms with Crippen molar-refractivity contribution in [3.05, 3.63) is 66.0 Å². The molecule has 0 saturated carbocycles. The van der Waals surface area contributed by atoms with Crippen LogP contribution in [0.15, 0.2) is 54.6 Å². The predicted octanol–water partition coefficient (Wildman–Crippen LogP) is 5.40. The number of benzene rings is 2. The highest BCUT2D eigenvalue weighted by molar-refractivity contribution is 5.65. The minimum atomic E-state index is -0.647. The quantitative estimate of drug-likeness (QED) is 0.431. The number of aryl methyl sites for hydroxylation is 1. The van der Waals surface area contributed by atoms with Crippen LogP contribution in [0.5, 0.6) is 11.6 Å². The van der Waals surface area contributed by atoms with Crippen molar-refractivity contribution < 1.29 is 19.0 Å². The molecule has 6 nitrogen and oxygen atoms in total. The molecule has 0 bridgehead atoms. The molecule has 1 atom stereocenters. The summed E-state index contributed by atoms with van der Waals surface area (Å²) in [4.78, 5) is 2.17. The second-order valence-corrected chi connectivity index (χ2v) is 9.78. The Bertz CT molecular complexity index is 1060. The molecule has 3 rings (SSSR count). The van der Waals surface area contributed by atoms with E-state index in [1.165, 1.54) is 12.1 Å². The van der Waals surface area contributed by atoms with Crippen LogP contribution in [-0.4, -0.2) is 50.7 Å². The number of nitrogens with zero attached hydrogens (tertiary/aromatic N) is 3. The SMILES string of the molecule is CC(C)N(Cc1c(-c2ccccc2)nn(C)c1Oc1cccc(F)c1)CC(O)COC(C)(C)C. The average Bonchev–Trinajstić information content (AvgIpc) is 3.07. The van der Waals surface area contributed by atoms with Crippen molar-refractivity contribution in [2.24, 2.45) is 7.05 Å². The lowest BCUT2D eigenvalue weighted by molar-refractivity contribution is -0.0587. The molecule has 2 aromatic carbocycles. The molecule has 184 valence electrons. The fraction of sp³-hybridized carbons (Fsp3) is 0.444. The summed E-state index contributed by atoms with van der Waals surface area (Å²) in [7, 11) is 1.82. The van der Waals surface area contributed by atoms with Gasteiger partial charge in [-0.15, -0.1) is 0 Å². The summed E-state index contributed by atoms with van der Waals surface area (Å²) in [6, 6.07) is 16.1. The fourth-order valence-electron chi connectivity index (χ4n) is 3.62. The third-order valence-corrected chi connectivity index (χ3v) is 5.39. The molecule has 7 heteroatoms. The summed E-state index contributed by atoms with van der Waals surface area (Å²) in [5.74, 6) is 0.574. The molecule has 1 N–H and O–H groups in total. The van der Waals surface area contributed by atoms with Gasteiger partial charge >= 0.3 is 0 Å². The number of aliphatic hydroxyl groups is 1. The molecule has 0 radical (unpaired) electrons. The predicted molar refractivity (Wildman–Crippen MR) is 132 cm³/mol. The van der Waals surface area contributed by atoms with E-state index in [4.69, 9.17) is 14.6 Å². The van der Waals surface area contributed by atoms with E-state index in [2.05, 4.69) is 18.7 Å². The van der Waals surface area contributed by atoms with Crippen molar-refractivity contribution >= 4 is 0 Å². The Hall–Kier alpha value is -2.74. The van der Waals surface area contributed by atoms with Gasteiger partial charge in [0.15, 0.2) is 0 Å². The lowest BCUT2D eigenvalue weighted by atomic mass is 10.1. The molecule has 34 heavy (non-hydrogen) atoms. The molecular weight excluding hydrogens is 433 g/mol. The normalized spacial score (nSPS) is 13.0. The number of aromatic nitrogens is 2. The number of rotatable bonds is 10. The number of hydrogen-bond donors (Lipinski definition) is 1. The first-order valence-electron chi connectivity index (χ1n) is 11.6. The number of halogens is 1. The molecule has 0 saturated heterocycles. The van der Waals surface area contributed by atoms with Crippen LogP contribution in [0.25, 0.3) is 11.3 Å². The second kappa shape index (κ2) is 11.1. The summed E-state index contributed by atoms with van der Waals surface area (Å²) >= 11 is 0. The van der Waals surface area contributed by atoms with Crippen molar-refractivity contribution in [2.75, 3.05) is 13.2 Å². The number of hydrogen-bond acceptors (Lipinski definition) is 5. The van der Waals surface area contributed by atoms with Crippen LogP contribution < -0.4 is 4.74 Å². The van der Waals surface area contributed by atoms with Crippen molar-refractivity contribution in [1.29, 1.82) is 0 Å². The molecule has 1 unspecified atom stereocenters. The van der Waals surface area contributed by atoms with Crippen molar-refractivity contribution in [3.8, 4) is 22.9 Å². The van der Waals surface area contributed by atoms with Gasteiger partial charge in [0.25, 0.3) is 0 Å². The van der Waals surface area contributed by atoms with Gasteiger partial charge < -0.3 is 14.6 Å². The smallest absolute Gasteiger partial charge is 0.222 e. The molecule has 0 spiro atoms. The van der Waals surface area contributed by atoms with Crippen LogP contribution >= 0.6 is 0 Å². The Kier molecular flexibility index (Phi) is 8.47. The van der Waals surface area contributed by atoms with E-state index in [-0.39, 0.29) is 24.1 Å². The highest BCUT2D eigenvalue weighted by Gasteiger charge is 2.25. The van der Waals surface area contributed by atoms with Crippen LogP contribution in [0.3, 0.4) is 0 Å². The molecule has 1 heterocycles. The first kappa shape index (κ1) is 25.9. The van der Waals surface area contributed by atoms with Gasteiger partial charge in [0.1, 0.15) is 17.3 Å². The van der Waals surface area contributed by atoms with Crippen LogP contribution in [0.2, 0.25) is 0 Å². The zero-order chi connectivity index (χ0) is 24.9. The topological polar surface area (TPSA) is 59.8 Å². The fourth-order valence-corrected chi connectivity index (χ4v) is 3.62. The summed E-state index contributed by atoms with van der Waals surface area (Å²) in [6.45, 7) is 11.3. The van der Waals surface area contributed by atoms with Gasteiger partial charge in [0, 0.05) is 37.8 Å². The van der Waals surface area contributed by atoms with Gasteiger partial charge in [0.2, 0.25) is 5.88 Å². The van der Waals surface area contributed by atoms with Crippen molar-refractivity contribution in [2.45, 2.75) is 58.9 Å². The summed E-state index contributed by atoms with van der Waals surface area (Å²) in [6.07, 6.45) is -0.647. The van der Waals surface area contributed by atoms with E-state index in [1.807, 2.05) is 58.2 Å². The average molecular weight is 470 g/mol. The molecular formula is C27H36FN3O3. The Morgan fingerprint density at radius 1 is 1.09 bits per heavy atom. The first-order chi connectivity index (χ1) is 16.0. The molecule has 0 aliphatic heterocycles. The maximum atomic E-state index is 13.8. The van der Waals surface area contributed by atoms with Gasteiger partial charge in [-0.25, -0.2) is 9.07 Å². The summed E-state index contributed by atoms with van der Waals surface area (Å²) < 4.78 is 27.4. The van der Waals surface area contributed by atoms with Crippen LogP contribution in [0.1, 0.15) is 40.2 Å². The van der Waals surface area contributed by atoms with Crippen LogP contribution in [0, 0.1) is 5.82 Å². The Morgan fingerprint density at radius 3 is 2.41 bits per heavy atom. The van der Waals surface area contributed by atoms with Crippen LogP contribution in [-0.2, 0) is 18.3 Å². The van der Waals surface area contributed by atoms with Gasteiger partial charge in [-0.2, -0.15) is 5.10 Å². The van der Waals surface area contributed by atoms with Gasteiger partial charge in [0.05, 0.1) is 23.9 Å². The monoisotopic (exact) mass is 469 g/mol. The summed E-state index contributed by atoms with van der Waals surface area (Å²) in [5.41, 5.74) is 2.30. The maximum Gasteiger partial charge on any atom is 0.222 e. The zero-order valence-corrected chi connectivity index (χ0v) is 21.0. The highest BCUT2D eigenvalue weighted by Crippen LogP contribution is 2.34. The van der Waals surface area contributed by atoms with E-state index in [0.29, 0.717) is 24.7 Å². The van der Waals surface area contributed by atoms with Crippen LogP contribution in [0.4, 0.5) is 4.39 Å². The van der Waals surface area contributed by atoms with E-state index in [1.54, 1.807) is 16.8 Å². The lowest BCUT2D eigenvalue weighted by Crippen LogP contribution is -2.40. The number of ether oxygens (including phenoxy) is 2. The Balaban J connectivity index is 1.94. The third-order valence-electron chi connectivity index (χ3n) is 5.39. The highest BCUT2D eigenvalue weighted by atomic mass is 19.1. The molecule has 0 fully saturated rings. The standard InChI is InChI=1S/C27H36FN3O3/c1-19(2)31(16-22(32)18-33-27(3,4)5)17-24-25(20-11-8-7-9-12-20)29-30(6)26(24)34-23-14-10-13-21(28)15-23/h7-15,19,22,32H,16-18H2,1-6H3. The van der Waals surface area contributed by atoms with Crippen molar-refractivity contribution in [1.82, 2.24) is 14.7 Å².